The molecule has 0 spiro atoms. The zero-order valence-electron chi connectivity index (χ0n) is 18.4. The van der Waals surface area contributed by atoms with Gasteiger partial charge in [0.15, 0.2) is 0 Å². The summed E-state index contributed by atoms with van der Waals surface area (Å²) in [4.78, 5) is 27.5. The lowest BCUT2D eigenvalue weighted by Gasteiger charge is -2.13. The molecule has 174 valence electrons. The first-order valence-corrected chi connectivity index (χ1v) is 13.8. The summed E-state index contributed by atoms with van der Waals surface area (Å²) in [7, 11) is 0. The Balaban J connectivity index is 1.32. The number of halogens is 2. The van der Waals surface area contributed by atoms with Crippen molar-refractivity contribution >= 4 is 84.9 Å². The Kier molecular flexibility index (Phi) is 7.45. The third kappa shape index (κ3) is 5.57. The Bertz CT molecular complexity index is 1450. The van der Waals surface area contributed by atoms with Crippen LogP contribution in [0.2, 0.25) is 0 Å². The molecule has 0 radical (unpaired) electrons. The van der Waals surface area contributed by atoms with E-state index in [2.05, 4.69) is 45.2 Å². The summed E-state index contributed by atoms with van der Waals surface area (Å²) in [6.07, 6.45) is 1.79. The largest absolute Gasteiger partial charge is 0.487 e. The van der Waals surface area contributed by atoms with Crippen LogP contribution in [0, 0.1) is 7.14 Å². The van der Waals surface area contributed by atoms with E-state index in [4.69, 9.17) is 4.74 Å². The number of thioether (sulfide) groups is 1. The van der Waals surface area contributed by atoms with Crippen molar-refractivity contribution in [2.45, 2.75) is 13.2 Å². The van der Waals surface area contributed by atoms with Gasteiger partial charge in [-0.15, -0.1) is 0 Å². The standard InChI is InChI=1S/C28H19I2NO3S/c29-23-13-20(14-24(30)26(23)34-17-18-6-2-1-3-7-18)15-25-27(32)31(28(33)35-25)16-19-10-11-21-8-4-5-9-22(21)12-19/h1-15H,16-17H2/b25-15-. The van der Waals surface area contributed by atoms with Crippen LogP contribution in [-0.2, 0) is 17.9 Å². The molecule has 0 bridgehead atoms. The summed E-state index contributed by atoms with van der Waals surface area (Å²) in [5.74, 6) is 0.555. The van der Waals surface area contributed by atoms with Gasteiger partial charge in [0.25, 0.3) is 11.1 Å². The highest BCUT2D eigenvalue weighted by Crippen LogP contribution is 2.36. The van der Waals surface area contributed by atoms with Crippen LogP contribution in [0.5, 0.6) is 5.75 Å². The zero-order valence-corrected chi connectivity index (χ0v) is 23.5. The fourth-order valence-corrected chi connectivity index (χ4v) is 6.80. The van der Waals surface area contributed by atoms with E-state index in [1.807, 2.05) is 84.9 Å². The normalized spacial score (nSPS) is 14.8. The van der Waals surface area contributed by atoms with Crippen molar-refractivity contribution in [3.05, 3.63) is 114 Å². The molecule has 4 aromatic carbocycles. The summed E-state index contributed by atoms with van der Waals surface area (Å²) in [6.45, 7) is 0.744. The van der Waals surface area contributed by atoms with Gasteiger partial charge in [0.1, 0.15) is 12.4 Å². The average molecular weight is 703 g/mol. The fourth-order valence-electron chi connectivity index (χ4n) is 3.84. The quantitative estimate of drug-likeness (QED) is 0.152. The van der Waals surface area contributed by atoms with Crippen LogP contribution < -0.4 is 4.74 Å². The summed E-state index contributed by atoms with van der Waals surface area (Å²) in [6, 6.07) is 28.0. The highest BCUT2D eigenvalue weighted by atomic mass is 127. The molecule has 0 N–H and O–H groups in total. The Morgan fingerprint density at radius 2 is 1.49 bits per heavy atom. The molecule has 7 heteroatoms. The molecule has 1 saturated heterocycles. The van der Waals surface area contributed by atoms with Gasteiger partial charge in [-0.2, -0.15) is 0 Å². The number of fused-ring (bicyclic) bond motifs is 1. The maximum Gasteiger partial charge on any atom is 0.293 e. The molecular weight excluding hydrogens is 684 g/mol. The minimum atomic E-state index is -0.262. The first-order valence-electron chi connectivity index (χ1n) is 10.9. The topological polar surface area (TPSA) is 46.6 Å². The first kappa shape index (κ1) is 24.3. The SMILES string of the molecule is O=C1S/C(=C\c2cc(I)c(OCc3ccccc3)c(I)c2)C(=O)N1Cc1ccc2ccccc2c1. The third-order valence-corrected chi connectivity index (χ3v) is 8.08. The number of hydrogen-bond donors (Lipinski definition) is 0. The van der Waals surface area contributed by atoms with E-state index in [-0.39, 0.29) is 17.7 Å². The Morgan fingerprint density at radius 1 is 0.800 bits per heavy atom. The van der Waals surface area contributed by atoms with E-state index in [0.29, 0.717) is 11.5 Å². The van der Waals surface area contributed by atoms with E-state index >= 15 is 0 Å². The van der Waals surface area contributed by atoms with Crippen LogP contribution in [0.4, 0.5) is 4.79 Å². The molecule has 0 saturated carbocycles. The monoisotopic (exact) mass is 703 g/mol. The lowest BCUT2D eigenvalue weighted by atomic mass is 10.1. The fraction of sp³-hybridized carbons (Fsp3) is 0.0714. The summed E-state index contributed by atoms with van der Waals surface area (Å²) in [5.41, 5.74) is 2.89. The van der Waals surface area contributed by atoms with Crippen LogP contribution in [0.15, 0.2) is 89.8 Å². The smallest absolute Gasteiger partial charge is 0.293 e. The van der Waals surface area contributed by atoms with E-state index in [1.54, 1.807) is 6.08 Å². The lowest BCUT2D eigenvalue weighted by molar-refractivity contribution is -0.123. The van der Waals surface area contributed by atoms with Gasteiger partial charge in [-0.05, 0) is 109 Å². The second kappa shape index (κ2) is 10.7. The number of hydrogen-bond acceptors (Lipinski definition) is 4. The molecule has 0 aliphatic carbocycles. The Labute approximate surface area is 235 Å². The summed E-state index contributed by atoms with van der Waals surface area (Å²) >= 11 is 5.48. The van der Waals surface area contributed by atoms with Gasteiger partial charge in [0.05, 0.1) is 18.6 Å². The Morgan fingerprint density at radius 3 is 2.23 bits per heavy atom. The number of rotatable bonds is 6. The molecular formula is C28H19I2NO3S. The lowest BCUT2D eigenvalue weighted by Crippen LogP contribution is -2.27. The van der Waals surface area contributed by atoms with Gasteiger partial charge < -0.3 is 4.74 Å². The van der Waals surface area contributed by atoms with Crippen LogP contribution >= 0.6 is 56.9 Å². The number of carbonyl (C=O) groups is 2. The van der Waals surface area contributed by atoms with Crippen molar-refractivity contribution in [3.8, 4) is 5.75 Å². The molecule has 4 aromatic rings. The molecule has 0 unspecified atom stereocenters. The van der Waals surface area contributed by atoms with E-state index in [0.717, 1.165) is 52.1 Å². The highest BCUT2D eigenvalue weighted by molar-refractivity contribution is 14.1. The number of benzene rings is 4. The van der Waals surface area contributed by atoms with Crippen molar-refractivity contribution in [3.63, 3.8) is 0 Å². The van der Waals surface area contributed by atoms with Gasteiger partial charge in [-0.1, -0.05) is 66.7 Å². The van der Waals surface area contributed by atoms with Gasteiger partial charge >= 0.3 is 0 Å². The maximum atomic E-state index is 13.1. The molecule has 0 aromatic heterocycles. The second-order valence-corrected chi connectivity index (χ2v) is 11.4. The van der Waals surface area contributed by atoms with E-state index in [9.17, 15) is 9.59 Å². The summed E-state index contributed by atoms with van der Waals surface area (Å²) < 4.78 is 7.96. The number of amides is 2. The highest BCUT2D eigenvalue weighted by Gasteiger charge is 2.35. The molecule has 1 heterocycles. The molecule has 35 heavy (non-hydrogen) atoms. The Hall–Kier alpha value is -2.37. The predicted molar refractivity (Wildman–Crippen MR) is 158 cm³/mol. The van der Waals surface area contributed by atoms with Crippen molar-refractivity contribution in [1.29, 1.82) is 0 Å². The zero-order chi connectivity index (χ0) is 24.4. The van der Waals surface area contributed by atoms with Crippen LogP contribution in [-0.4, -0.2) is 16.0 Å². The number of nitrogens with zero attached hydrogens (tertiary/aromatic N) is 1. The minimum Gasteiger partial charge on any atom is -0.487 e. The van der Waals surface area contributed by atoms with Crippen molar-refractivity contribution in [2.24, 2.45) is 0 Å². The predicted octanol–water partition coefficient (Wildman–Crippen LogP) is 7.86. The maximum absolute atomic E-state index is 13.1. The number of ether oxygens (including phenoxy) is 1. The molecule has 1 fully saturated rings. The number of carbonyl (C=O) groups excluding carboxylic acids is 2. The van der Waals surface area contributed by atoms with E-state index < -0.39 is 0 Å². The molecule has 2 amide bonds. The van der Waals surface area contributed by atoms with Crippen molar-refractivity contribution in [2.75, 3.05) is 0 Å². The molecule has 0 atom stereocenters. The second-order valence-electron chi connectivity index (χ2n) is 8.04. The molecule has 5 rings (SSSR count). The number of imide groups is 1. The van der Waals surface area contributed by atoms with Crippen molar-refractivity contribution < 1.29 is 14.3 Å². The first-order chi connectivity index (χ1) is 17.0. The molecule has 4 nitrogen and oxygen atoms in total. The van der Waals surface area contributed by atoms with Crippen LogP contribution in [0.25, 0.3) is 16.8 Å². The summed E-state index contributed by atoms with van der Waals surface area (Å²) in [5, 5.41) is 1.97. The molecule has 1 aliphatic rings. The average Bonchev–Trinajstić information content (AvgIpc) is 3.11. The van der Waals surface area contributed by atoms with Crippen molar-refractivity contribution in [1.82, 2.24) is 4.90 Å². The van der Waals surface area contributed by atoms with Gasteiger partial charge in [-0.3, -0.25) is 14.5 Å². The van der Waals surface area contributed by atoms with Gasteiger partial charge in [0.2, 0.25) is 0 Å². The van der Waals surface area contributed by atoms with Gasteiger partial charge in [0, 0.05) is 0 Å². The van der Waals surface area contributed by atoms with Crippen LogP contribution in [0.1, 0.15) is 16.7 Å². The molecule has 1 aliphatic heterocycles. The third-order valence-electron chi connectivity index (χ3n) is 5.57. The minimum absolute atomic E-state index is 0.249. The van der Waals surface area contributed by atoms with Gasteiger partial charge in [-0.25, -0.2) is 0 Å². The van der Waals surface area contributed by atoms with Crippen LogP contribution in [0.3, 0.4) is 0 Å². The van der Waals surface area contributed by atoms with E-state index in [1.165, 1.54) is 4.90 Å².